The summed E-state index contributed by atoms with van der Waals surface area (Å²) in [5.74, 6) is 0.175. The number of hydrogen-bond acceptors (Lipinski definition) is 3. The minimum absolute atomic E-state index is 0.175. The van der Waals surface area contributed by atoms with Crippen LogP contribution < -0.4 is 15.5 Å². The molecule has 1 aromatic rings. The number of nitrogens with zero attached hydrogens (tertiary/aromatic N) is 2. The molecule has 1 fully saturated rings. The van der Waals surface area contributed by atoms with Crippen molar-refractivity contribution in [2.45, 2.75) is 37.8 Å². The second-order valence-electron chi connectivity index (χ2n) is 5.64. The Morgan fingerprint density at radius 2 is 1.74 bits per heavy atom. The molecule has 1 amide bonds. The van der Waals surface area contributed by atoms with Crippen molar-refractivity contribution >= 4 is 17.3 Å². The normalized spacial score (nSPS) is 27.4. The Morgan fingerprint density at radius 3 is 2.42 bits per heavy atom. The minimum atomic E-state index is 0.175. The average molecular weight is 259 g/mol. The number of hydrogen-bond donors (Lipinski definition) is 1. The van der Waals surface area contributed by atoms with E-state index in [1.165, 1.54) is 5.69 Å². The van der Waals surface area contributed by atoms with E-state index in [4.69, 9.17) is 5.73 Å². The van der Waals surface area contributed by atoms with Crippen LogP contribution in [0.4, 0.5) is 11.4 Å². The lowest BCUT2D eigenvalue weighted by molar-refractivity contribution is -0.117. The lowest BCUT2D eigenvalue weighted by Gasteiger charge is -2.42. The van der Waals surface area contributed by atoms with Gasteiger partial charge >= 0.3 is 0 Å². The molecule has 0 saturated heterocycles. The Labute approximate surface area is 114 Å². The maximum absolute atomic E-state index is 12.1. The summed E-state index contributed by atoms with van der Waals surface area (Å²) in [5.41, 5.74) is 8.18. The number of likely N-dealkylation sites (N-methyl/N-ethyl adjacent to an activating group) is 1. The molecule has 1 saturated carbocycles. The first-order chi connectivity index (χ1) is 9.16. The third kappa shape index (κ3) is 2.21. The fourth-order valence-corrected chi connectivity index (χ4v) is 3.20. The van der Waals surface area contributed by atoms with Gasteiger partial charge in [0.25, 0.3) is 0 Å². The van der Waals surface area contributed by atoms with E-state index >= 15 is 0 Å². The van der Waals surface area contributed by atoms with Crippen molar-refractivity contribution < 1.29 is 4.79 Å². The van der Waals surface area contributed by atoms with Gasteiger partial charge < -0.3 is 15.5 Å². The van der Waals surface area contributed by atoms with Crippen LogP contribution in [-0.2, 0) is 4.79 Å². The number of fused-ring (bicyclic) bond motifs is 1. The summed E-state index contributed by atoms with van der Waals surface area (Å²) in [6.45, 7) is 0.493. The van der Waals surface area contributed by atoms with E-state index in [-0.39, 0.29) is 5.91 Å². The van der Waals surface area contributed by atoms with E-state index in [0.29, 0.717) is 18.6 Å². The molecule has 1 aromatic carbocycles. The molecular weight excluding hydrogens is 238 g/mol. The molecule has 0 unspecified atom stereocenters. The van der Waals surface area contributed by atoms with Crippen molar-refractivity contribution in [1.82, 2.24) is 0 Å². The molecule has 0 aromatic heterocycles. The molecule has 2 aliphatic rings. The highest BCUT2D eigenvalue weighted by Gasteiger charge is 2.32. The number of nitrogens with two attached hydrogens (primary N) is 1. The molecule has 4 nitrogen and oxygen atoms in total. The zero-order valence-corrected chi connectivity index (χ0v) is 11.4. The first-order valence-electron chi connectivity index (χ1n) is 7.04. The molecule has 1 heterocycles. The molecule has 0 atom stereocenters. The van der Waals surface area contributed by atoms with E-state index in [1.807, 2.05) is 25.2 Å². The van der Waals surface area contributed by atoms with E-state index in [9.17, 15) is 4.79 Å². The van der Waals surface area contributed by atoms with Crippen molar-refractivity contribution in [3.8, 4) is 0 Å². The zero-order chi connectivity index (χ0) is 13.4. The van der Waals surface area contributed by atoms with Crippen molar-refractivity contribution in [2.75, 3.05) is 23.4 Å². The Morgan fingerprint density at radius 1 is 1.11 bits per heavy atom. The Kier molecular flexibility index (Phi) is 3.19. The van der Waals surface area contributed by atoms with Gasteiger partial charge in [0.2, 0.25) is 5.91 Å². The van der Waals surface area contributed by atoms with Crippen LogP contribution in [0.25, 0.3) is 0 Å². The monoisotopic (exact) mass is 259 g/mol. The molecule has 4 heteroatoms. The van der Waals surface area contributed by atoms with Gasteiger partial charge in [0, 0.05) is 19.1 Å². The van der Waals surface area contributed by atoms with Gasteiger partial charge in [-0.3, -0.25) is 4.79 Å². The van der Waals surface area contributed by atoms with Crippen LogP contribution in [0.5, 0.6) is 0 Å². The van der Waals surface area contributed by atoms with Gasteiger partial charge in [0.15, 0.2) is 0 Å². The van der Waals surface area contributed by atoms with Crippen molar-refractivity contribution in [3.63, 3.8) is 0 Å². The third-order valence-corrected chi connectivity index (χ3v) is 4.41. The highest BCUT2D eigenvalue weighted by atomic mass is 16.2. The standard InChI is InChI=1S/C15H21N3O/c1-17-13-4-2-3-5-14(13)18(10-15(17)19)12-8-6-11(16)7-9-12/h2-5,11-12H,6-10,16H2,1H3. The predicted molar refractivity (Wildman–Crippen MR) is 77.4 cm³/mol. The molecule has 2 N–H and O–H groups in total. The summed E-state index contributed by atoms with van der Waals surface area (Å²) < 4.78 is 0. The highest BCUT2D eigenvalue weighted by Crippen LogP contribution is 2.36. The van der Waals surface area contributed by atoms with Gasteiger partial charge in [-0.2, -0.15) is 0 Å². The van der Waals surface area contributed by atoms with Crippen LogP contribution in [0.2, 0.25) is 0 Å². The van der Waals surface area contributed by atoms with Crippen LogP contribution in [0.3, 0.4) is 0 Å². The SMILES string of the molecule is CN1C(=O)CN(C2CCC(N)CC2)c2ccccc21. The van der Waals surface area contributed by atoms with E-state index in [0.717, 1.165) is 31.4 Å². The Bertz CT molecular complexity index is 480. The summed E-state index contributed by atoms with van der Waals surface area (Å²) in [6, 6.07) is 8.97. The Hall–Kier alpha value is -1.55. The van der Waals surface area contributed by atoms with E-state index < -0.39 is 0 Å². The van der Waals surface area contributed by atoms with Gasteiger partial charge in [-0.25, -0.2) is 0 Å². The maximum Gasteiger partial charge on any atom is 0.246 e. The number of rotatable bonds is 1. The second-order valence-corrected chi connectivity index (χ2v) is 5.64. The number of para-hydroxylation sites is 2. The van der Waals surface area contributed by atoms with Crippen LogP contribution >= 0.6 is 0 Å². The van der Waals surface area contributed by atoms with Crippen molar-refractivity contribution in [2.24, 2.45) is 5.73 Å². The first kappa shape index (κ1) is 12.5. The van der Waals surface area contributed by atoms with Crippen molar-refractivity contribution in [3.05, 3.63) is 24.3 Å². The molecule has 0 radical (unpaired) electrons. The van der Waals surface area contributed by atoms with Crippen LogP contribution in [-0.4, -0.2) is 31.6 Å². The fourth-order valence-electron chi connectivity index (χ4n) is 3.20. The number of carbonyl (C=O) groups excluding carboxylic acids is 1. The van der Waals surface area contributed by atoms with E-state index in [2.05, 4.69) is 11.0 Å². The number of benzene rings is 1. The molecule has 0 spiro atoms. The summed E-state index contributed by atoms with van der Waals surface area (Å²) in [4.78, 5) is 16.2. The molecule has 1 aliphatic carbocycles. The molecule has 102 valence electrons. The lowest BCUT2D eigenvalue weighted by atomic mass is 9.90. The summed E-state index contributed by atoms with van der Waals surface area (Å²) in [5, 5.41) is 0. The molecule has 0 bridgehead atoms. The zero-order valence-electron chi connectivity index (χ0n) is 11.4. The smallest absolute Gasteiger partial charge is 0.246 e. The van der Waals surface area contributed by atoms with Crippen LogP contribution in [0.1, 0.15) is 25.7 Å². The van der Waals surface area contributed by atoms with Gasteiger partial charge in [0.05, 0.1) is 17.9 Å². The highest BCUT2D eigenvalue weighted by molar-refractivity contribution is 6.02. The van der Waals surface area contributed by atoms with Gasteiger partial charge in [-0.1, -0.05) is 12.1 Å². The predicted octanol–water partition coefficient (Wildman–Crippen LogP) is 1.74. The van der Waals surface area contributed by atoms with Crippen LogP contribution in [0.15, 0.2) is 24.3 Å². The molecule has 3 rings (SSSR count). The molecular formula is C15H21N3O. The maximum atomic E-state index is 12.1. The topological polar surface area (TPSA) is 49.6 Å². The van der Waals surface area contributed by atoms with Crippen LogP contribution in [0, 0.1) is 0 Å². The van der Waals surface area contributed by atoms with Gasteiger partial charge in [-0.05, 0) is 37.8 Å². The lowest BCUT2D eigenvalue weighted by Crippen LogP contribution is -2.50. The quantitative estimate of drug-likeness (QED) is 0.835. The minimum Gasteiger partial charge on any atom is -0.358 e. The summed E-state index contributed by atoms with van der Waals surface area (Å²) in [7, 11) is 1.86. The molecule has 1 aliphatic heterocycles. The second kappa shape index (κ2) is 4.85. The van der Waals surface area contributed by atoms with Gasteiger partial charge in [-0.15, -0.1) is 0 Å². The van der Waals surface area contributed by atoms with Gasteiger partial charge in [0.1, 0.15) is 0 Å². The molecule has 19 heavy (non-hydrogen) atoms. The average Bonchev–Trinajstić information content (AvgIpc) is 2.44. The fraction of sp³-hybridized carbons (Fsp3) is 0.533. The summed E-state index contributed by atoms with van der Waals surface area (Å²) >= 11 is 0. The summed E-state index contributed by atoms with van der Waals surface area (Å²) in [6.07, 6.45) is 4.31. The first-order valence-corrected chi connectivity index (χ1v) is 7.04. The Balaban J connectivity index is 1.90. The largest absolute Gasteiger partial charge is 0.358 e. The number of anilines is 2. The number of carbonyl (C=O) groups is 1. The number of amides is 1. The third-order valence-electron chi connectivity index (χ3n) is 4.41. The van der Waals surface area contributed by atoms with E-state index in [1.54, 1.807) is 4.90 Å². The van der Waals surface area contributed by atoms with Crippen molar-refractivity contribution in [1.29, 1.82) is 0 Å².